The number of aryl methyl sites for hydroxylation is 1. The van der Waals surface area contributed by atoms with Crippen LogP contribution in [0.4, 0.5) is 0 Å². The van der Waals surface area contributed by atoms with Gasteiger partial charge in [0, 0.05) is 11.8 Å². The number of carboxylic acid groups (broad SMARTS) is 1. The Kier molecular flexibility index (Phi) is 2.56. The van der Waals surface area contributed by atoms with Gasteiger partial charge < -0.3 is 5.11 Å². The Morgan fingerprint density at radius 1 is 1.21 bits per heavy atom. The summed E-state index contributed by atoms with van der Waals surface area (Å²) in [6.45, 7) is 2.00. The molecule has 0 aliphatic heterocycles. The second-order valence-corrected chi connectivity index (χ2v) is 4.38. The largest absolute Gasteiger partial charge is 0.478 e. The van der Waals surface area contributed by atoms with E-state index in [4.69, 9.17) is 0 Å². The summed E-state index contributed by atoms with van der Waals surface area (Å²) in [5.41, 5.74) is 2.98. The van der Waals surface area contributed by atoms with Crippen LogP contribution >= 0.6 is 0 Å². The number of benzene rings is 1. The molecule has 4 heteroatoms. The van der Waals surface area contributed by atoms with Crippen molar-refractivity contribution < 1.29 is 9.90 Å². The first-order valence-corrected chi connectivity index (χ1v) is 5.94. The second-order valence-electron chi connectivity index (χ2n) is 4.38. The maximum Gasteiger partial charge on any atom is 0.336 e. The van der Waals surface area contributed by atoms with E-state index in [1.165, 1.54) is 0 Å². The minimum Gasteiger partial charge on any atom is -0.478 e. The summed E-state index contributed by atoms with van der Waals surface area (Å²) < 4.78 is 1.91. The molecule has 0 amide bonds. The highest BCUT2D eigenvalue weighted by Gasteiger charge is 2.15. The van der Waals surface area contributed by atoms with Gasteiger partial charge in [0.25, 0.3) is 0 Å². The monoisotopic (exact) mass is 252 g/mol. The molecule has 19 heavy (non-hydrogen) atoms. The number of pyridine rings is 1. The van der Waals surface area contributed by atoms with Crippen LogP contribution in [0, 0.1) is 6.92 Å². The van der Waals surface area contributed by atoms with Crippen molar-refractivity contribution in [3.63, 3.8) is 0 Å². The molecule has 0 radical (unpaired) electrons. The molecular weight excluding hydrogens is 240 g/mol. The van der Waals surface area contributed by atoms with E-state index in [1.807, 2.05) is 35.7 Å². The van der Waals surface area contributed by atoms with E-state index in [0.29, 0.717) is 11.4 Å². The van der Waals surface area contributed by atoms with Crippen molar-refractivity contribution in [1.82, 2.24) is 9.38 Å². The molecule has 0 fully saturated rings. The summed E-state index contributed by atoms with van der Waals surface area (Å²) in [6, 6.07) is 10.8. The van der Waals surface area contributed by atoms with Gasteiger partial charge in [-0.05, 0) is 24.6 Å². The highest BCUT2D eigenvalue weighted by atomic mass is 16.4. The van der Waals surface area contributed by atoms with Crippen molar-refractivity contribution in [3.8, 4) is 11.4 Å². The molecule has 3 rings (SSSR count). The third kappa shape index (κ3) is 1.78. The quantitative estimate of drug-likeness (QED) is 0.762. The first kappa shape index (κ1) is 11.5. The summed E-state index contributed by atoms with van der Waals surface area (Å²) >= 11 is 0. The second kappa shape index (κ2) is 4.24. The van der Waals surface area contributed by atoms with Gasteiger partial charge in [0.15, 0.2) is 0 Å². The number of hydrogen-bond donors (Lipinski definition) is 1. The lowest BCUT2D eigenvalue weighted by atomic mass is 10.1. The van der Waals surface area contributed by atoms with Crippen molar-refractivity contribution in [2.75, 3.05) is 0 Å². The number of carboxylic acids is 1. The van der Waals surface area contributed by atoms with Gasteiger partial charge in [-0.3, -0.25) is 4.40 Å². The number of fused-ring (bicyclic) bond motifs is 1. The third-order valence-corrected chi connectivity index (χ3v) is 3.18. The summed E-state index contributed by atoms with van der Waals surface area (Å²) in [5, 5.41) is 9.25. The molecule has 0 atom stereocenters. The lowest BCUT2D eigenvalue weighted by molar-refractivity contribution is 0.0697. The SMILES string of the molecule is Cc1cccn2c(-c3ccccc3C(=O)O)ncc12. The predicted octanol–water partition coefficient (Wildman–Crippen LogP) is 3.01. The number of carbonyl (C=O) groups is 1. The van der Waals surface area contributed by atoms with Crippen LogP contribution < -0.4 is 0 Å². The van der Waals surface area contributed by atoms with E-state index in [2.05, 4.69) is 4.98 Å². The van der Waals surface area contributed by atoms with Gasteiger partial charge in [0.05, 0.1) is 17.3 Å². The smallest absolute Gasteiger partial charge is 0.336 e. The van der Waals surface area contributed by atoms with Crippen molar-refractivity contribution in [3.05, 3.63) is 59.9 Å². The van der Waals surface area contributed by atoms with E-state index in [0.717, 1.165) is 11.1 Å². The van der Waals surface area contributed by atoms with Gasteiger partial charge in [0.1, 0.15) is 5.82 Å². The molecule has 2 heterocycles. The predicted molar refractivity (Wildman–Crippen MR) is 72.3 cm³/mol. The van der Waals surface area contributed by atoms with Gasteiger partial charge in [-0.1, -0.05) is 24.3 Å². The van der Waals surface area contributed by atoms with Gasteiger partial charge in [-0.15, -0.1) is 0 Å². The Morgan fingerprint density at radius 2 is 2.00 bits per heavy atom. The van der Waals surface area contributed by atoms with Crippen LogP contribution in [0.1, 0.15) is 15.9 Å². The summed E-state index contributed by atoms with van der Waals surface area (Å²) in [7, 11) is 0. The Hall–Kier alpha value is -2.62. The van der Waals surface area contributed by atoms with Gasteiger partial charge >= 0.3 is 5.97 Å². The fourth-order valence-electron chi connectivity index (χ4n) is 2.23. The van der Waals surface area contributed by atoms with Crippen LogP contribution in [-0.4, -0.2) is 20.5 Å². The van der Waals surface area contributed by atoms with Crippen molar-refractivity contribution in [2.45, 2.75) is 6.92 Å². The molecule has 0 unspecified atom stereocenters. The molecule has 0 aliphatic carbocycles. The van der Waals surface area contributed by atoms with Crippen molar-refractivity contribution >= 4 is 11.5 Å². The molecule has 2 aromatic heterocycles. The lowest BCUT2D eigenvalue weighted by Crippen LogP contribution is -2.01. The maximum absolute atomic E-state index is 11.3. The summed E-state index contributed by atoms with van der Waals surface area (Å²) in [6.07, 6.45) is 3.66. The molecule has 0 saturated heterocycles. The molecule has 0 spiro atoms. The third-order valence-electron chi connectivity index (χ3n) is 3.18. The molecule has 94 valence electrons. The van der Waals surface area contributed by atoms with E-state index in [1.54, 1.807) is 24.4 Å². The average Bonchev–Trinajstić information content (AvgIpc) is 2.84. The number of aromatic nitrogens is 2. The van der Waals surface area contributed by atoms with Crippen LogP contribution in [0.5, 0.6) is 0 Å². The molecule has 4 nitrogen and oxygen atoms in total. The van der Waals surface area contributed by atoms with Crippen molar-refractivity contribution in [2.24, 2.45) is 0 Å². The fourth-order valence-corrected chi connectivity index (χ4v) is 2.23. The van der Waals surface area contributed by atoms with E-state index >= 15 is 0 Å². The molecular formula is C15H12N2O2. The number of hydrogen-bond acceptors (Lipinski definition) is 2. The standard InChI is InChI=1S/C15H12N2O2/c1-10-5-4-8-17-13(10)9-16-14(17)11-6-2-3-7-12(11)15(18)19/h2-9H,1H3,(H,18,19). The first-order valence-electron chi connectivity index (χ1n) is 5.94. The normalized spacial score (nSPS) is 10.8. The van der Waals surface area contributed by atoms with Crippen LogP contribution in [-0.2, 0) is 0 Å². The summed E-state index contributed by atoms with van der Waals surface area (Å²) in [5.74, 6) is -0.295. The van der Waals surface area contributed by atoms with Crippen LogP contribution in [0.2, 0.25) is 0 Å². The topological polar surface area (TPSA) is 54.6 Å². The summed E-state index contributed by atoms with van der Waals surface area (Å²) in [4.78, 5) is 15.7. The zero-order valence-electron chi connectivity index (χ0n) is 10.4. The number of imidazole rings is 1. The minimum absolute atomic E-state index is 0.261. The zero-order valence-corrected chi connectivity index (χ0v) is 10.4. The Bertz CT molecular complexity index is 775. The Balaban J connectivity index is 2.32. The number of rotatable bonds is 2. The number of aromatic carboxylic acids is 1. The molecule has 0 bridgehead atoms. The van der Waals surface area contributed by atoms with Crippen LogP contribution in [0.15, 0.2) is 48.8 Å². The van der Waals surface area contributed by atoms with Gasteiger partial charge in [-0.25, -0.2) is 9.78 Å². The van der Waals surface area contributed by atoms with E-state index in [9.17, 15) is 9.90 Å². The molecule has 3 aromatic rings. The van der Waals surface area contributed by atoms with Crippen LogP contribution in [0.25, 0.3) is 16.9 Å². The number of nitrogens with zero attached hydrogens (tertiary/aromatic N) is 2. The maximum atomic E-state index is 11.3. The van der Waals surface area contributed by atoms with Crippen LogP contribution in [0.3, 0.4) is 0 Å². The molecule has 1 aromatic carbocycles. The highest BCUT2D eigenvalue weighted by Crippen LogP contribution is 2.24. The first-order chi connectivity index (χ1) is 9.18. The van der Waals surface area contributed by atoms with Gasteiger partial charge in [-0.2, -0.15) is 0 Å². The molecule has 0 aliphatic rings. The average molecular weight is 252 g/mol. The van der Waals surface area contributed by atoms with E-state index in [-0.39, 0.29) is 5.56 Å². The van der Waals surface area contributed by atoms with E-state index < -0.39 is 5.97 Å². The minimum atomic E-state index is -0.944. The molecule has 0 saturated carbocycles. The zero-order chi connectivity index (χ0) is 13.4. The lowest BCUT2D eigenvalue weighted by Gasteiger charge is -2.06. The van der Waals surface area contributed by atoms with Crippen molar-refractivity contribution in [1.29, 1.82) is 0 Å². The fraction of sp³-hybridized carbons (Fsp3) is 0.0667. The molecule has 1 N–H and O–H groups in total. The Labute approximate surface area is 110 Å². The van der Waals surface area contributed by atoms with Gasteiger partial charge in [0.2, 0.25) is 0 Å². The highest BCUT2D eigenvalue weighted by molar-refractivity contribution is 5.95. The Morgan fingerprint density at radius 3 is 2.79 bits per heavy atom.